The van der Waals surface area contributed by atoms with Crippen molar-refractivity contribution in [3.05, 3.63) is 57.2 Å². The third kappa shape index (κ3) is 4.94. The average molecular weight is 386 g/mol. The fourth-order valence-electron chi connectivity index (χ4n) is 2.99. The molecule has 7 heteroatoms. The van der Waals surface area contributed by atoms with Gasteiger partial charge in [0.15, 0.2) is 0 Å². The molecule has 0 aliphatic carbocycles. The molecule has 1 fully saturated rings. The Balaban J connectivity index is 0.00000208. The zero-order chi connectivity index (χ0) is 16.2. The third-order valence-corrected chi connectivity index (χ3v) is 5.36. The lowest BCUT2D eigenvalue weighted by atomic mass is 9.95. The Bertz CT molecular complexity index is 665. The van der Waals surface area contributed by atoms with Crippen LogP contribution in [0.5, 0.6) is 0 Å². The van der Waals surface area contributed by atoms with Crippen molar-refractivity contribution < 1.29 is 4.79 Å². The molecule has 0 unspecified atom stereocenters. The van der Waals surface area contributed by atoms with Gasteiger partial charge in [-0.05, 0) is 17.7 Å². The number of halogens is 2. The van der Waals surface area contributed by atoms with Gasteiger partial charge in [-0.1, -0.05) is 41.9 Å². The molecular weight excluding hydrogens is 365 g/mol. The predicted molar refractivity (Wildman–Crippen MR) is 102 cm³/mol. The van der Waals surface area contributed by atoms with E-state index in [4.69, 9.17) is 17.3 Å². The number of benzene rings is 1. The molecule has 2 atom stereocenters. The van der Waals surface area contributed by atoms with Gasteiger partial charge in [0.1, 0.15) is 0 Å². The van der Waals surface area contributed by atoms with Crippen LogP contribution in [0.3, 0.4) is 0 Å². The van der Waals surface area contributed by atoms with Crippen LogP contribution < -0.4 is 11.1 Å². The van der Waals surface area contributed by atoms with Crippen molar-refractivity contribution in [2.45, 2.75) is 18.5 Å². The summed E-state index contributed by atoms with van der Waals surface area (Å²) < 4.78 is 0.741. The maximum atomic E-state index is 12.1. The van der Waals surface area contributed by atoms with Crippen LogP contribution in [0.4, 0.5) is 0 Å². The first-order chi connectivity index (χ1) is 11.1. The maximum absolute atomic E-state index is 12.1. The van der Waals surface area contributed by atoms with Crippen LogP contribution in [0.1, 0.15) is 16.4 Å². The average Bonchev–Trinajstić information content (AvgIpc) is 3.12. The molecule has 2 heterocycles. The van der Waals surface area contributed by atoms with E-state index in [2.05, 4.69) is 22.3 Å². The second-order valence-corrected chi connectivity index (χ2v) is 7.66. The summed E-state index contributed by atoms with van der Waals surface area (Å²) in [5.41, 5.74) is 7.50. The summed E-state index contributed by atoms with van der Waals surface area (Å²) >= 11 is 7.37. The van der Waals surface area contributed by atoms with E-state index in [1.807, 2.05) is 30.3 Å². The van der Waals surface area contributed by atoms with E-state index >= 15 is 0 Å². The quantitative estimate of drug-likeness (QED) is 0.831. The number of carbonyl (C=O) groups is 1. The number of nitrogens with zero attached hydrogens (tertiary/aromatic N) is 1. The molecule has 1 aromatic heterocycles. The third-order valence-electron chi connectivity index (χ3n) is 4.12. The highest BCUT2D eigenvalue weighted by atomic mass is 35.5. The van der Waals surface area contributed by atoms with Gasteiger partial charge in [-0.2, -0.15) is 0 Å². The molecule has 0 radical (unpaired) electrons. The molecule has 1 amide bonds. The number of thiophene rings is 1. The SMILES string of the molecule is Cl.N[C@@H]1CN(CC(=O)NCc2ccc(Cl)s2)C[C@H]1c1ccccc1. The first-order valence-electron chi connectivity index (χ1n) is 7.65. The van der Waals surface area contributed by atoms with Crippen molar-refractivity contribution in [2.24, 2.45) is 5.73 Å². The van der Waals surface area contributed by atoms with Gasteiger partial charge in [-0.3, -0.25) is 9.69 Å². The lowest BCUT2D eigenvalue weighted by molar-refractivity contribution is -0.122. The normalized spacial score (nSPS) is 20.6. The van der Waals surface area contributed by atoms with Crippen molar-refractivity contribution in [1.82, 2.24) is 10.2 Å². The first-order valence-corrected chi connectivity index (χ1v) is 8.85. The summed E-state index contributed by atoms with van der Waals surface area (Å²) in [4.78, 5) is 15.3. The maximum Gasteiger partial charge on any atom is 0.234 e. The number of likely N-dealkylation sites (tertiary alicyclic amines) is 1. The zero-order valence-corrected chi connectivity index (χ0v) is 15.5. The number of amides is 1. The Morgan fingerprint density at radius 2 is 2.00 bits per heavy atom. The summed E-state index contributed by atoms with van der Waals surface area (Å²) in [6.45, 7) is 2.48. The topological polar surface area (TPSA) is 58.4 Å². The first kappa shape index (κ1) is 19.2. The van der Waals surface area contributed by atoms with E-state index in [9.17, 15) is 4.79 Å². The molecule has 1 aliphatic heterocycles. The fourth-order valence-corrected chi connectivity index (χ4v) is 4.01. The van der Waals surface area contributed by atoms with Crippen LogP contribution in [-0.2, 0) is 11.3 Å². The van der Waals surface area contributed by atoms with Crippen molar-refractivity contribution in [2.75, 3.05) is 19.6 Å². The standard InChI is InChI=1S/C17H20ClN3OS.ClH/c18-16-7-6-13(23-16)8-20-17(22)11-21-9-14(15(19)10-21)12-4-2-1-3-5-12;/h1-7,14-15H,8-11,19H2,(H,20,22);1H/t14-,15+;/m0./s1. The number of hydrogen-bond acceptors (Lipinski definition) is 4. The van der Waals surface area contributed by atoms with Gasteiger partial charge in [0.25, 0.3) is 0 Å². The zero-order valence-electron chi connectivity index (χ0n) is 13.2. The van der Waals surface area contributed by atoms with E-state index < -0.39 is 0 Å². The van der Waals surface area contributed by atoms with Gasteiger partial charge < -0.3 is 11.1 Å². The molecule has 130 valence electrons. The Labute approximate surface area is 157 Å². The van der Waals surface area contributed by atoms with Crippen LogP contribution in [0.15, 0.2) is 42.5 Å². The molecule has 3 rings (SSSR count). The largest absolute Gasteiger partial charge is 0.350 e. The molecule has 3 N–H and O–H groups in total. The second kappa shape index (κ2) is 8.83. The second-order valence-electron chi connectivity index (χ2n) is 5.86. The minimum Gasteiger partial charge on any atom is -0.350 e. The lowest BCUT2D eigenvalue weighted by Gasteiger charge is -2.15. The summed E-state index contributed by atoms with van der Waals surface area (Å²) in [5.74, 6) is 0.315. The molecule has 0 bridgehead atoms. The number of carbonyl (C=O) groups excluding carboxylic acids is 1. The van der Waals surface area contributed by atoms with Crippen LogP contribution >= 0.6 is 35.3 Å². The number of nitrogens with one attached hydrogen (secondary N) is 1. The molecule has 1 saturated heterocycles. The Hall–Kier alpha value is -1.11. The van der Waals surface area contributed by atoms with Gasteiger partial charge >= 0.3 is 0 Å². The van der Waals surface area contributed by atoms with Gasteiger partial charge in [-0.25, -0.2) is 0 Å². The highest BCUT2D eigenvalue weighted by molar-refractivity contribution is 7.16. The van der Waals surface area contributed by atoms with E-state index in [0.29, 0.717) is 19.0 Å². The molecule has 0 spiro atoms. The van der Waals surface area contributed by atoms with Gasteiger partial charge in [0.05, 0.1) is 17.4 Å². The number of hydrogen-bond donors (Lipinski definition) is 2. The summed E-state index contributed by atoms with van der Waals surface area (Å²) in [6, 6.07) is 14.1. The highest BCUT2D eigenvalue weighted by Crippen LogP contribution is 2.26. The van der Waals surface area contributed by atoms with Gasteiger partial charge in [0.2, 0.25) is 5.91 Å². The highest BCUT2D eigenvalue weighted by Gasteiger charge is 2.31. The number of rotatable bonds is 5. The van der Waals surface area contributed by atoms with Crippen molar-refractivity contribution in [3.63, 3.8) is 0 Å². The Morgan fingerprint density at radius 3 is 2.67 bits per heavy atom. The van der Waals surface area contributed by atoms with Crippen molar-refractivity contribution in [3.8, 4) is 0 Å². The Kier molecular flexibility index (Phi) is 7.07. The molecular formula is C17H21Cl2N3OS. The fraction of sp³-hybridized carbons (Fsp3) is 0.353. The summed E-state index contributed by atoms with van der Waals surface area (Å²) in [7, 11) is 0. The lowest BCUT2D eigenvalue weighted by Crippen LogP contribution is -2.36. The van der Waals surface area contributed by atoms with Crippen molar-refractivity contribution >= 4 is 41.3 Å². The van der Waals surface area contributed by atoms with E-state index in [0.717, 1.165) is 22.3 Å². The molecule has 1 aliphatic rings. The summed E-state index contributed by atoms with van der Waals surface area (Å²) in [5, 5.41) is 2.94. The monoisotopic (exact) mass is 385 g/mol. The molecule has 24 heavy (non-hydrogen) atoms. The summed E-state index contributed by atoms with van der Waals surface area (Å²) in [6.07, 6.45) is 0. The Morgan fingerprint density at radius 1 is 1.25 bits per heavy atom. The minimum absolute atomic E-state index is 0. The molecule has 0 saturated carbocycles. The van der Waals surface area contributed by atoms with Crippen LogP contribution in [0.25, 0.3) is 0 Å². The minimum atomic E-state index is 0. The van der Waals surface area contributed by atoms with Crippen LogP contribution in [0.2, 0.25) is 4.34 Å². The molecule has 2 aromatic rings. The van der Waals surface area contributed by atoms with E-state index in [1.165, 1.54) is 16.9 Å². The molecule has 1 aromatic carbocycles. The number of nitrogens with two attached hydrogens (primary N) is 1. The smallest absolute Gasteiger partial charge is 0.234 e. The van der Waals surface area contributed by atoms with E-state index in [-0.39, 0.29) is 24.4 Å². The van der Waals surface area contributed by atoms with Crippen molar-refractivity contribution in [1.29, 1.82) is 0 Å². The van der Waals surface area contributed by atoms with Gasteiger partial charge in [-0.15, -0.1) is 23.7 Å². The molecule has 4 nitrogen and oxygen atoms in total. The van der Waals surface area contributed by atoms with E-state index in [1.54, 1.807) is 0 Å². The predicted octanol–water partition coefficient (Wildman–Crippen LogP) is 2.87. The van der Waals surface area contributed by atoms with Crippen LogP contribution in [0, 0.1) is 0 Å². The van der Waals surface area contributed by atoms with Gasteiger partial charge in [0, 0.05) is 29.9 Å². The van der Waals surface area contributed by atoms with Crippen LogP contribution in [-0.4, -0.2) is 36.5 Å².